The highest BCUT2D eigenvalue weighted by atomic mass is 28.4. The Balaban J connectivity index is 2.15. The topological polar surface area (TPSA) is 9.23 Å². The minimum atomic E-state index is -1.89. The van der Waals surface area contributed by atoms with E-state index in [9.17, 15) is 0 Å². The van der Waals surface area contributed by atoms with E-state index >= 15 is 0 Å². The number of benzene rings is 2. The highest BCUT2D eigenvalue weighted by molar-refractivity contribution is 6.78. The molecule has 1 nitrogen and oxygen atoms in total. The smallest absolute Gasteiger partial charge is 0.258 e. The van der Waals surface area contributed by atoms with Crippen LogP contribution in [0.15, 0.2) is 55.1 Å². The zero-order valence-corrected chi connectivity index (χ0v) is 18.7. The van der Waals surface area contributed by atoms with Gasteiger partial charge in [0.05, 0.1) is 0 Å². The SMILES string of the molecule is C=Cc1ccc(C=Cc2ccc(O[Si](C(C)C)(C(C)C)C(C)C)cc2)cc1. The van der Waals surface area contributed by atoms with E-state index in [1.54, 1.807) is 0 Å². The molecule has 0 heterocycles. The normalized spacial score (nSPS) is 12.3. The molecule has 0 aliphatic carbocycles. The molecular weight excluding hydrogens is 344 g/mol. The van der Waals surface area contributed by atoms with Crippen molar-refractivity contribution in [2.45, 2.75) is 58.2 Å². The van der Waals surface area contributed by atoms with Gasteiger partial charge in [-0.3, -0.25) is 0 Å². The Morgan fingerprint density at radius 1 is 0.667 bits per heavy atom. The van der Waals surface area contributed by atoms with Crippen LogP contribution in [0.1, 0.15) is 58.2 Å². The van der Waals surface area contributed by atoms with Crippen LogP contribution in [0, 0.1) is 0 Å². The van der Waals surface area contributed by atoms with Gasteiger partial charge >= 0.3 is 0 Å². The highest BCUT2D eigenvalue weighted by Crippen LogP contribution is 2.42. The Morgan fingerprint density at radius 3 is 1.41 bits per heavy atom. The maximum atomic E-state index is 6.74. The molecule has 27 heavy (non-hydrogen) atoms. The summed E-state index contributed by atoms with van der Waals surface area (Å²) in [5.41, 5.74) is 5.25. The lowest BCUT2D eigenvalue weighted by Gasteiger charge is -2.42. The quantitative estimate of drug-likeness (QED) is 0.333. The third-order valence-corrected chi connectivity index (χ3v) is 11.5. The highest BCUT2D eigenvalue weighted by Gasteiger charge is 2.46. The van der Waals surface area contributed by atoms with Gasteiger partial charge in [0.25, 0.3) is 8.32 Å². The molecule has 0 unspecified atom stereocenters. The van der Waals surface area contributed by atoms with Crippen LogP contribution in [0.3, 0.4) is 0 Å². The second-order valence-electron chi connectivity index (χ2n) is 8.19. The van der Waals surface area contributed by atoms with Gasteiger partial charge < -0.3 is 4.43 Å². The zero-order valence-electron chi connectivity index (χ0n) is 17.7. The fourth-order valence-electron chi connectivity index (χ4n) is 4.14. The van der Waals surface area contributed by atoms with E-state index in [4.69, 9.17) is 4.43 Å². The van der Waals surface area contributed by atoms with Gasteiger partial charge in [0.1, 0.15) is 5.75 Å². The Bertz CT molecular complexity index is 730. The zero-order chi connectivity index (χ0) is 20.0. The molecule has 0 amide bonds. The Hall–Kier alpha value is -2.06. The number of rotatable bonds is 8. The molecule has 0 aliphatic rings. The summed E-state index contributed by atoms with van der Waals surface area (Å²) >= 11 is 0. The first kappa shape index (κ1) is 21.2. The molecule has 0 radical (unpaired) electrons. The van der Waals surface area contributed by atoms with Crippen molar-refractivity contribution in [1.82, 2.24) is 0 Å². The molecule has 2 aromatic carbocycles. The van der Waals surface area contributed by atoms with E-state index in [0.717, 1.165) is 11.3 Å². The van der Waals surface area contributed by atoms with Gasteiger partial charge in [0.15, 0.2) is 0 Å². The van der Waals surface area contributed by atoms with Crippen molar-refractivity contribution < 1.29 is 4.43 Å². The van der Waals surface area contributed by atoms with E-state index in [2.05, 4.69) is 109 Å². The monoisotopic (exact) mass is 378 g/mol. The predicted octanol–water partition coefficient (Wildman–Crippen LogP) is 8.05. The molecule has 2 heteroatoms. The first-order valence-electron chi connectivity index (χ1n) is 9.99. The first-order chi connectivity index (χ1) is 12.8. The molecule has 0 saturated carbocycles. The van der Waals surface area contributed by atoms with Crippen molar-refractivity contribution in [3.8, 4) is 5.75 Å². The Morgan fingerprint density at radius 2 is 1.04 bits per heavy atom. The fraction of sp³-hybridized carbons (Fsp3) is 0.360. The van der Waals surface area contributed by atoms with Crippen LogP contribution in [0.5, 0.6) is 5.75 Å². The van der Waals surface area contributed by atoms with Gasteiger partial charge in [-0.2, -0.15) is 0 Å². The summed E-state index contributed by atoms with van der Waals surface area (Å²) < 4.78 is 6.74. The molecule has 0 aliphatic heterocycles. The molecule has 0 atom stereocenters. The second kappa shape index (κ2) is 9.23. The third kappa shape index (κ3) is 5.01. The van der Waals surface area contributed by atoms with Crippen LogP contribution in [-0.2, 0) is 0 Å². The number of hydrogen-bond donors (Lipinski definition) is 0. The van der Waals surface area contributed by atoms with Crippen molar-refractivity contribution in [3.05, 3.63) is 71.8 Å². The van der Waals surface area contributed by atoms with Gasteiger partial charge in [0.2, 0.25) is 0 Å². The summed E-state index contributed by atoms with van der Waals surface area (Å²) in [6, 6.07) is 16.9. The lowest BCUT2D eigenvalue weighted by molar-refractivity contribution is 0.480. The molecule has 144 valence electrons. The average molecular weight is 379 g/mol. The molecule has 0 N–H and O–H groups in total. The summed E-state index contributed by atoms with van der Waals surface area (Å²) in [7, 11) is -1.89. The summed E-state index contributed by atoms with van der Waals surface area (Å²) in [5, 5.41) is 0. The maximum absolute atomic E-state index is 6.74. The predicted molar refractivity (Wildman–Crippen MR) is 124 cm³/mol. The van der Waals surface area contributed by atoms with Crippen molar-refractivity contribution in [2.24, 2.45) is 0 Å². The van der Waals surface area contributed by atoms with Gasteiger partial charge in [-0.15, -0.1) is 0 Å². The Kier molecular flexibility index (Phi) is 7.26. The summed E-state index contributed by atoms with van der Waals surface area (Å²) in [4.78, 5) is 0. The van der Waals surface area contributed by atoms with Crippen molar-refractivity contribution >= 4 is 26.5 Å². The van der Waals surface area contributed by atoms with Crippen LogP contribution in [0.4, 0.5) is 0 Å². The molecular formula is C25H34OSi. The second-order valence-corrected chi connectivity index (χ2v) is 13.6. The Labute approximate surface area is 166 Å². The van der Waals surface area contributed by atoms with E-state index in [1.807, 2.05) is 6.08 Å². The number of hydrogen-bond acceptors (Lipinski definition) is 1. The van der Waals surface area contributed by atoms with Crippen molar-refractivity contribution in [3.63, 3.8) is 0 Å². The molecule has 0 bridgehead atoms. The summed E-state index contributed by atoms with van der Waals surface area (Å²) in [6.45, 7) is 17.7. The lowest BCUT2D eigenvalue weighted by Crippen LogP contribution is -2.50. The molecule has 2 aromatic rings. The van der Waals surface area contributed by atoms with Gasteiger partial charge in [-0.05, 0) is 45.4 Å². The van der Waals surface area contributed by atoms with E-state index in [1.165, 1.54) is 11.1 Å². The maximum Gasteiger partial charge on any atom is 0.258 e. The van der Waals surface area contributed by atoms with Crippen LogP contribution in [0.25, 0.3) is 18.2 Å². The van der Waals surface area contributed by atoms with Crippen LogP contribution in [-0.4, -0.2) is 8.32 Å². The lowest BCUT2D eigenvalue weighted by atomic mass is 10.1. The van der Waals surface area contributed by atoms with Crippen molar-refractivity contribution in [1.29, 1.82) is 0 Å². The molecule has 0 aromatic heterocycles. The van der Waals surface area contributed by atoms with Gasteiger partial charge in [-0.25, -0.2) is 0 Å². The molecule has 0 spiro atoms. The summed E-state index contributed by atoms with van der Waals surface area (Å²) in [5.74, 6) is 1.00. The van der Waals surface area contributed by atoms with E-state index < -0.39 is 8.32 Å². The van der Waals surface area contributed by atoms with Gasteiger partial charge in [0, 0.05) is 0 Å². The molecule has 0 saturated heterocycles. The largest absolute Gasteiger partial charge is 0.543 e. The molecule has 0 fully saturated rings. The van der Waals surface area contributed by atoms with Gasteiger partial charge in [-0.1, -0.05) is 103 Å². The van der Waals surface area contributed by atoms with Crippen molar-refractivity contribution in [2.75, 3.05) is 0 Å². The van der Waals surface area contributed by atoms with Crippen LogP contribution < -0.4 is 4.43 Å². The molecule has 2 rings (SSSR count). The fourth-order valence-corrected chi connectivity index (χ4v) is 9.39. The van der Waals surface area contributed by atoms with E-state index in [0.29, 0.717) is 16.6 Å². The third-order valence-electron chi connectivity index (χ3n) is 5.52. The standard InChI is InChI=1S/C25H34OSi/c1-8-22-9-11-23(12-10-22)13-14-24-15-17-25(18-16-24)26-27(19(2)3,20(4)5)21(6)7/h8-21H,1H2,2-7H3. The average Bonchev–Trinajstić information content (AvgIpc) is 2.65. The van der Waals surface area contributed by atoms with Crippen LogP contribution in [0.2, 0.25) is 16.6 Å². The first-order valence-corrected chi connectivity index (χ1v) is 12.1. The van der Waals surface area contributed by atoms with E-state index in [-0.39, 0.29) is 0 Å². The minimum Gasteiger partial charge on any atom is -0.543 e. The summed E-state index contributed by atoms with van der Waals surface area (Å²) in [6.07, 6.45) is 6.14. The van der Waals surface area contributed by atoms with Crippen LogP contribution >= 0.6 is 0 Å². The minimum absolute atomic E-state index is 0.579.